The van der Waals surface area contributed by atoms with Crippen molar-refractivity contribution in [3.05, 3.63) is 63.9 Å². The van der Waals surface area contributed by atoms with Gasteiger partial charge in [-0.15, -0.1) is 10.2 Å². The fourth-order valence-corrected chi connectivity index (χ4v) is 4.24. The Balaban J connectivity index is 1.59. The van der Waals surface area contributed by atoms with Gasteiger partial charge >= 0.3 is 0 Å². The largest absolute Gasteiger partial charge is 0.494 e. The number of halogens is 2. The van der Waals surface area contributed by atoms with E-state index in [1.807, 2.05) is 25.3 Å². The van der Waals surface area contributed by atoms with Gasteiger partial charge in [0, 0.05) is 17.8 Å². The van der Waals surface area contributed by atoms with E-state index in [1.54, 1.807) is 36.4 Å². The van der Waals surface area contributed by atoms with Gasteiger partial charge in [0.15, 0.2) is 11.0 Å². The van der Waals surface area contributed by atoms with Crippen LogP contribution in [0, 0.1) is 0 Å². The van der Waals surface area contributed by atoms with E-state index < -0.39 is 6.04 Å². The smallest absolute Gasteiger partial charge is 0.251 e. The maximum Gasteiger partial charge on any atom is 0.251 e. The molecule has 3 aromatic rings. The van der Waals surface area contributed by atoms with Gasteiger partial charge in [-0.05, 0) is 63.2 Å². The Hall–Kier alpha value is -2.75. The van der Waals surface area contributed by atoms with Crippen LogP contribution in [0.3, 0.4) is 0 Å². The summed E-state index contributed by atoms with van der Waals surface area (Å²) < 4.78 is 7.27. The second-order valence-corrected chi connectivity index (χ2v) is 8.96. The zero-order valence-electron chi connectivity index (χ0n) is 19.0. The Morgan fingerprint density at radius 2 is 1.82 bits per heavy atom. The van der Waals surface area contributed by atoms with Crippen molar-refractivity contribution in [3.8, 4) is 5.75 Å². The fraction of sp³-hybridized carbons (Fsp3) is 0.304. The molecule has 0 saturated carbocycles. The predicted octanol–water partition coefficient (Wildman–Crippen LogP) is 5.23. The van der Waals surface area contributed by atoms with Gasteiger partial charge < -0.3 is 19.9 Å². The molecule has 0 fully saturated rings. The van der Waals surface area contributed by atoms with Crippen LogP contribution in [0.1, 0.15) is 43.0 Å². The molecule has 0 bridgehead atoms. The minimum Gasteiger partial charge on any atom is -0.494 e. The first kappa shape index (κ1) is 25.9. The van der Waals surface area contributed by atoms with Gasteiger partial charge in [-0.3, -0.25) is 9.59 Å². The first-order chi connectivity index (χ1) is 16.3. The number of benzene rings is 2. The van der Waals surface area contributed by atoms with E-state index in [-0.39, 0.29) is 17.6 Å². The van der Waals surface area contributed by atoms with E-state index in [4.69, 9.17) is 27.9 Å². The number of carbonyl (C=O) groups excluding carboxylic acids is 2. The Labute approximate surface area is 212 Å². The Morgan fingerprint density at radius 1 is 1.09 bits per heavy atom. The third kappa shape index (κ3) is 6.65. The van der Waals surface area contributed by atoms with Gasteiger partial charge in [-0.2, -0.15) is 0 Å². The van der Waals surface area contributed by atoms with Gasteiger partial charge in [0.2, 0.25) is 5.91 Å². The summed E-state index contributed by atoms with van der Waals surface area (Å²) in [5, 5.41) is 15.5. The molecule has 0 unspecified atom stereocenters. The number of hydrogen-bond acceptors (Lipinski definition) is 6. The summed E-state index contributed by atoms with van der Waals surface area (Å²) in [6.07, 6.45) is 0. The molecular weight excluding hydrogens is 497 g/mol. The molecule has 0 radical (unpaired) electrons. The quantitative estimate of drug-likeness (QED) is 0.354. The second-order valence-electron chi connectivity index (χ2n) is 7.20. The summed E-state index contributed by atoms with van der Waals surface area (Å²) in [4.78, 5) is 25.0. The highest BCUT2D eigenvalue weighted by Gasteiger charge is 2.20. The molecule has 1 aromatic heterocycles. The van der Waals surface area contributed by atoms with Crippen molar-refractivity contribution in [2.24, 2.45) is 0 Å². The lowest BCUT2D eigenvalue weighted by molar-refractivity contribution is -0.113. The molecule has 3 rings (SSSR count). The lowest BCUT2D eigenvalue weighted by Gasteiger charge is -2.15. The van der Waals surface area contributed by atoms with Crippen LogP contribution in [0.4, 0.5) is 5.69 Å². The second kappa shape index (κ2) is 12.1. The zero-order chi connectivity index (χ0) is 24.7. The first-order valence-electron chi connectivity index (χ1n) is 10.7. The van der Waals surface area contributed by atoms with Crippen molar-refractivity contribution >= 4 is 52.5 Å². The summed E-state index contributed by atoms with van der Waals surface area (Å²) >= 11 is 13.2. The highest BCUT2D eigenvalue weighted by Crippen LogP contribution is 2.24. The summed E-state index contributed by atoms with van der Waals surface area (Å²) in [6.45, 7) is 6.85. The van der Waals surface area contributed by atoms with Crippen LogP contribution in [0.25, 0.3) is 0 Å². The van der Waals surface area contributed by atoms with Crippen LogP contribution >= 0.6 is 35.0 Å². The SMILES string of the molecule is CCOc1ccc(NC(=O)CSc2nnc([C@H](C)NC(=O)c3ccc(Cl)c(Cl)c3)n2CC)cc1. The van der Waals surface area contributed by atoms with E-state index in [1.165, 1.54) is 17.8 Å². The van der Waals surface area contributed by atoms with Crippen molar-refractivity contribution in [1.29, 1.82) is 0 Å². The summed E-state index contributed by atoms with van der Waals surface area (Å²) in [7, 11) is 0. The molecule has 34 heavy (non-hydrogen) atoms. The van der Waals surface area contributed by atoms with Gasteiger partial charge in [0.05, 0.1) is 28.4 Å². The third-order valence-corrected chi connectivity index (χ3v) is 6.47. The Morgan fingerprint density at radius 3 is 2.47 bits per heavy atom. The lowest BCUT2D eigenvalue weighted by atomic mass is 10.2. The van der Waals surface area contributed by atoms with Crippen LogP contribution in [0.2, 0.25) is 10.0 Å². The molecule has 2 amide bonds. The van der Waals surface area contributed by atoms with Crippen molar-refractivity contribution in [1.82, 2.24) is 20.1 Å². The number of anilines is 1. The summed E-state index contributed by atoms with van der Waals surface area (Å²) in [5.74, 6) is 1.03. The fourth-order valence-electron chi connectivity index (χ4n) is 3.13. The monoisotopic (exact) mass is 521 g/mol. The van der Waals surface area contributed by atoms with Crippen molar-refractivity contribution in [2.45, 2.75) is 38.5 Å². The van der Waals surface area contributed by atoms with Gasteiger partial charge in [0.25, 0.3) is 5.91 Å². The average molecular weight is 522 g/mol. The number of amides is 2. The Bertz CT molecular complexity index is 1150. The van der Waals surface area contributed by atoms with E-state index in [0.717, 1.165) is 5.75 Å². The van der Waals surface area contributed by atoms with Crippen molar-refractivity contribution in [3.63, 3.8) is 0 Å². The molecule has 2 N–H and O–H groups in total. The van der Waals surface area contributed by atoms with Crippen molar-refractivity contribution in [2.75, 3.05) is 17.7 Å². The average Bonchev–Trinajstić information content (AvgIpc) is 3.24. The molecular formula is C23H25Cl2N5O3S. The summed E-state index contributed by atoms with van der Waals surface area (Å²) in [6, 6.07) is 11.5. The van der Waals surface area contributed by atoms with Crippen LogP contribution in [0.15, 0.2) is 47.6 Å². The molecule has 1 atom stereocenters. The number of hydrogen-bond donors (Lipinski definition) is 2. The highest BCUT2D eigenvalue weighted by atomic mass is 35.5. The number of carbonyl (C=O) groups is 2. The number of nitrogens with one attached hydrogen (secondary N) is 2. The number of rotatable bonds is 10. The molecule has 0 saturated heterocycles. The standard InChI is InChI=1S/C23H25Cl2N5O3S/c1-4-30-21(14(3)26-22(32)15-6-11-18(24)19(25)12-15)28-29-23(30)34-13-20(31)27-16-7-9-17(10-8-16)33-5-2/h6-12,14H,4-5,13H2,1-3H3,(H,26,32)(H,27,31)/t14-/m0/s1. The molecule has 0 spiro atoms. The molecule has 2 aromatic carbocycles. The van der Waals surface area contributed by atoms with Gasteiger partial charge in [0.1, 0.15) is 5.75 Å². The van der Waals surface area contributed by atoms with Crippen LogP contribution < -0.4 is 15.4 Å². The van der Waals surface area contributed by atoms with Crippen LogP contribution in [-0.2, 0) is 11.3 Å². The number of thioether (sulfide) groups is 1. The predicted molar refractivity (Wildman–Crippen MR) is 135 cm³/mol. The molecule has 0 aliphatic heterocycles. The zero-order valence-corrected chi connectivity index (χ0v) is 21.3. The van der Waals surface area contributed by atoms with Gasteiger partial charge in [-0.1, -0.05) is 35.0 Å². The van der Waals surface area contributed by atoms with Crippen LogP contribution in [-0.4, -0.2) is 38.9 Å². The molecule has 0 aliphatic carbocycles. The van der Waals surface area contributed by atoms with Gasteiger partial charge in [-0.25, -0.2) is 0 Å². The molecule has 11 heteroatoms. The van der Waals surface area contributed by atoms with E-state index >= 15 is 0 Å². The highest BCUT2D eigenvalue weighted by molar-refractivity contribution is 7.99. The Kier molecular flexibility index (Phi) is 9.20. The molecule has 180 valence electrons. The van der Waals surface area contributed by atoms with Crippen LogP contribution in [0.5, 0.6) is 5.75 Å². The topological polar surface area (TPSA) is 98.1 Å². The minimum atomic E-state index is -0.415. The molecule has 8 nitrogen and oxygen atoms in total. The number of aromatic nitrogens is 3. The summed E-state index contributed by atoms with van der Waals surface area (Å²) in [5.41, 5.74) is 1.08. The van der Waals surface area contributed by atoms with E-state index in [9.17, 15) is 9.59 Å². The van der Waals surface area contributed by atoms with E-state index in [0.29, 0.717) is 45.4 Å². The van der Waals surface area contributed by atoms with Crippen molar-refractivity contribution < 1.29 is 14.3 Å². The lowest BCUT2D eigenvalue weighted by Crippen LogP contribution is -2.28. The minimum absolute atomic E-state index is 0.162. The molecule has 1 heterocycles. The molecule has 0 aliphatic rings. The normalized spacial score (nSPS) is 11.7. The maximum absolute atomic E-state index is 12.6. The number of ether oxygens (including phenoxy) is 1. The maximum atomic E-state index is 12.6. The third-order valence-electron chi connectivity index (χ3n) is 4.76. The number of nitrogens with zero attached hydrogens (tertiary/aromatic N) is 3. The first-order valence-corrected chi connectivity index (χ1v) is 12.4. The van der Waals surface area contributed by atoms with E-state index in [2.05, 4.69) is 20.8 Å².